The van der Waals surface area contributed by atoms with Crippen LogP contribution in [0.25, 0.3) is 10.9 Å². The third-order valence-corrected chi connectivity index (χ3v) is 6.53. The number of aromatic nitrogens is 1. The molecule has 0 radical (unpaired) electrons. The molecule has 2 heterocycles. The van der Waals surface area contributed by atoms with Crippen LogP contribution in [-0.4, -0.2) is 44.9 Å². The van der Waals surface area contributed by atoms with Crippen molar-refractivity contribution in [2.75, 3.05) is 6.54 Å². The van der Waals surface area contributed by atoms with Gasteiger partial charge in [-0.25, -0.2) is 14.2 Å². The molecule has 1 aromatic heterocycles. The predicted octanol–water partition coefficient (Wildman–Crippen LogP) is 6.39. The average Bonchev–Trinajstić information content (AvgIpc) is 2.75. The zero-order chi connectivity index (χ0) is 26.4. The Bertz CT molecular complexity index is 1290. The van der Waals surface area contributed by atoms with Crippen molar-refractivity contribution in [1.29, 1.82) is 0 Å². The van der Waals surface area contributed by atoms with Crippen molar-refractivity contribution in [1.82, 2.24) is 9.88 Å². The van der Waals surface area contributed by atoms with Crippen LogP contribution in [0.5, 0.6) is 5.75 Å². The highest BCUT2D eigenvalue weighted by molar-refractivity contribution is 6.29. The molecule has 1 aliphatic rings. The highest BCUT2D eigenvalue weighted by Gasteiger charge is 2.47. The van der Waals surface area contributed by atoms with E-state index in [0.29, 0.717) is 28.4 Å². The zero-order valence-corrected chi connectivity index (χ0v) is 22.2. The molecule has 4 rings (SSSR count). The van der Waals surface area contributed by atoms with E-state index in [1.165, 1.54) is 17.0 Å². The number of carbonyl (C=O) groups is 1. The summed E-state index contributed by atoms with van der Waals surface area (Å²) in [5.41, 5.74) is 1.32. The topological polar surface area (TPSA) is 71.9 Å². The van der Waals surface area contributed by atoms with Gasteiger partial charge >= 0.3 is 6.09 Å². The van der Waals surface area contributed by atoms with E-state index in [1.54, 1.807) is 52.8 Å². The minimum atomic E-state index is -1.07. The van der Waals surface area contributed by atoms with Crippen molar-refractivity contribution in [3.63, 3.8) is 0 Å². The van der Waals surface area contributed by atoms with E-state index in [2.05, 4.69) is 4.98 Å². The molecule has 0 aliphatic carbocycles. The minimum absolute atomic E-state index is 0.234. The molecule has 0 saturated heterocycles. The molecule has 8 heteroatoms. The molecule has 36 heavy (non-hydrogen) atoms. The van der Waals surface area contributed by atoms with Gasteiger partial charge in [0.25, 0.3) is 0 Å². The Kier molecular flexibility index (Phi) is 6.92. The fourth-order valence-electron chi connectivity index (χ4n) is 4.51. The normalized spacial score (nSPS) is 18.9. The van der Waals surface area contributed by atoms with E-state index < -0.39 is 29.4 Å². The third-order valence-electron chi connectivity index (χ3n) is 6.34. The quantitative estimate of drug-likeness (QED) is 0.408. The molecule has 0 unspecified atom stereocenters. The molecule has 0 saturated carbocycles. The van der Waals surface area contributed by atoms with Gasteiger partial charge in [-0.3, -0.25) is 4.90 Å². The summed E-state index contributed by atoms with van der Waals surface area (Å²) in [7, 11) is 0. The first-order chi connectivity index (χ1) is 16.7. The van der Waals surface area contributed by atoms with Gasteiger partial charge in [0, 0.05) is 17.5 Å². The zero-order valence-electron chi connectivity index (χ0n) is 21.4. The van der Waals surface area contributed by atoms with E-state index in [-0.39, 0.29) is 12.4 Å². The number of amides is 1. The van der Waals surface area contributed by atoms with Crippen LogP contribution >= 0.6 is 11.6 Å². The molecule has 2 atom stereocenters. The number of aliphatic hydroxyl groups is 1. The van der Waals surface area contributed by atoms with E-state index in [1.807, 2.05) is 19.1 Å². The molecule has 1 amide bonds. The van der Waals surface area contributed by atoms with Crippen LogP contribution in [-0.2, 0) is 11.2 Å². The first-order valence-electron chi connectivity index (χ1n) is 12.0. The molecule has 1 aliphatic heterocycles. The van der Waals surface area contributed by atoms with Crippen molar-refractivity contribution in [2.45, 2.75) is 71.3 Å². The summed E-state index contributed by atoms with van der Waals surface area (Å²) < 4.78 is 25.4. The number of aliphatic hydroxyl groups excluding tert-OH is 1. The van der Waals surface area contributed by atoms with Crippen LogP contribution in [0.3, 0.4) is 0 Å². The molecule has 192 valence electrons. The average molecular weight is 515 g/mol. The Balaban J connectivity index is 1.82. The molecule has 2 aromatic carbocycles. The summed E-state index contributed by atoms with van der Waals surface area (Å²) >= 11 is 6.23. The van der Waals surface area contributed by atoms with E-state index in [0.717, 1.165) is 16.5 Å². The molecule has 0 spiro atoms. The van der Waals surface area contributed by atoms with Crippen molar-refractivity contribution < 1.29 is 23.8 Å². The number of halogens is 2. The number of hydrogen-bond acceptors (Lipinski definition) is 5. The van der Waals surface area contributed by atoms with E-state index in [9.17, 15) is 14.3 Å². The maximum Gasteiger partial charge on any atom is 0.410 e. The number of nitrogens with zero attached hydrogens (tertiary/aromatic N) is 2. The molecule has 1 N–H and O–H groups in total. The summed E-state index contributed by atoms with van der Waals surface area (Å²) in [6.45, 7) is 11.1. The third kappa shape index (κ3) is 5.42. The number of rotatable bonds is 4. The molecule has 3 aromatic rings. The first-order valence-corrected chi connectivity index (χ1v) is 12.3. The highest BCUT2D eigenvalue weighted by Crippen LogP contribution is 2.45. The molecule has 6 nitrogen and oxygen atoms in total. The van der Waals surface area contributed by atoms with Crippen LogP contribution in [0.15, 0.2) is 42.5 Å². The Labute approximate surface area is 216 Å². The lowest BCUT2D eigenvalue weighted by Gasteiger charge is -2.46. The number of pyridine rings is 1. The smallest absolute Gasteiger partial charge is 0.410 e. The van der Waals surface area contributed by atoms with Gasteiger partial charge in [-0.1, -0.05) is 23.7 Å². The monoisotopic (exact) mass is 514 g/mol. The van der Waals surface area contributed by atoms with Gasteiger partial charge in [0.15, 0.2) is 0 Å². The van der Waals surface area contributed by atoms with Crippen molar-refractivity contribution in [3.05, 3.63) is 70.1 Å². The second kappa shape index (κ2) is 9.52. The molecule has 0 bridgehead atoms. The van der Waals surface area contributed by atoms with Crippen LogP contribution in [0.2, 0.25) is 5.15 Å². The van der Waals surface area contributed by atoms with Gasteiger partial charge in [0.2, 0.25) is 0 Å². The van der Waals surface area contributed by atoms with Crippen molar-refractivity contribution in [3.8, 4) is 5.75 Å². The number of hydrogen-bond donors (Lipinski definition) is 1. The fraction of sp³-hybridized carbons (Fsp3) is 0.429. The SMILES string of the molecule is Cc1cc(Cl)nc2cc3c(cc12)OC(C)(C)[C@H](O)[C@H]3N(CCc1ccc(F)cc1)C(=O)OC(C)(C)C. The number of carbonyl (C=O) groups excluding carboxylic acids is 1. The maximum atomic E-state index is 13.5. The van der Waals surface area contributed by atoms with E-state index >= 15 is 0 Å². The van der Waals surface area contributed by atoms with Gasteiger partial charge in [-0.2, -0.15) is 0 Å². The Morgan fingerprint density at radius 1 is 1.22 bits per heavy atom. The van der Waals surface area contributed by atoms with Crippen LogP contribution < -0.4 is 4.74 Å². The summed E-state index contributed by atoms with van der Waals surface area (Å²) in [4.78, 5) is 19.5. The molecular formula is C28H32ClFN2O4. The van der Waals surface area contributed by atoms with Gasteiger partial charge < -0.3 is 14.6 Å². The first kappa shape index (κ1) is 26.2. The van der Waals surface area contributed by atoms with Crippen LogP contribution in [0.4, 0.5) is 9.18 Å². The maximum absolute atomic E-state index is 13.5. The minimum Gasteiger partial charge on any atom is -0.485 e. The summed E-state index contributed by atoms with van der Waals surface area (Å²) in [5.74, 6) is 0.233. The lowest BCUT2D eigenvalue weighted by atomic mass is 9.84. The Morgan fingerprint density at radius 2 is 1.89 bits per heavy atom. The summed E-state index contributed by atoms with van der Waals surface area (Å²) in [6, 6.07) is 10.9. The molecular weight excluding hydrogens is 483 g/mol. The Morgan fingerprint density at radius 3 is 2.53 bits per heavy atom. The molecule has 0 fully saturated rings. The lowest BCUT2D eigenvalue weighted by Crippen LogP contribution is -2.55. The largest absolute Gasteiger partial charge is 0.485 e. The lowest BCUT2D eigenvalue weighted by molar-refractivity contribution is -0.0937. The van der Waals surface area contributed by atoms with Crippen LogP contribution in [0.1, 0.15) is 57.4 Å². The number of benzene rings is 2. The van der Waals surface area contributed by atoms with Gasteiger partial charge in [-0.05, 0) is 89.4 Å². The van der Waals surface area contributed by atoms with Crippen molar-refractivity contribution >= 4 is 28.6 Å². The standard InChI is InChI=1S/C28H32ClFN2O4/c1-16-13-23(29)31-21-14-20-22(15-19(16)21)35-28(5,6)25(33)24(20)32(26(34)36-27(2,3)4)12-11-17-7-9-18(30)10-8-17/h7-10,13-15,24-25,33H,11-12H2,1-6H3/t24-,25+/m0/s1. The second-order valence-corrected chi connectivity index (χ2v) is 11.2. The van der Waals surface area contributed by atoms with E-state index in [4.69, 9.17) is 21.1 Å². The van der Waals surface area contributed by atoms with Crippen LogP contribution in [0, 0.1) is 12.7 Å². The van der Waals surface area contributed by atoms with Gasteiger partial charge in [0.05, 0.1) is 11.6 Å². The Hall–Kier alpha value is -2.90. The summed E-state index contributed by atoms with van der Waals surface area (Å²) in [6.07, 6.45) is -1.19. The summed E-state index contributed by atoms with van der Waals surface area (Å²) in [5, 5.41) is 12.7. The predicted molar refractivity (Wildman–Crippen MR) is 138 cm³/mol. The van der Waals surface area contributed by atoms with Gasteiger partial charge in [-0.15, -0.1) is 0 Å². The second-order valence-electron chi connectivity index (χ2n) is 10.8. The van der Waals surface area contributed by atoms with Gasteiger partial charge in [0.1, 0.15) is 34.0 Å². The van der Waals surface area contributed by atoms with Crippen molar-refractivity contribution in [2.24, 2.45) is 0 Å². The fourth-order valence-corrected chi connectivity index (χ4v) is 4.77. The number of ether oxygens (including phenoxy) is 2. The number of aryl methyl sites for hydroxylation is 1. The number of fused-ring (bicyclic) bond motifs is 2. The highest BCUT2D eigenvalue weighted by atomic mass is 35.5.